The summed E-state index contributed by atoms with van der Waals surface area (Å²) in [6, 6.07) is 6.99. The smallest absolute Gasteiger partial charge is 0.344 e. The maximum Gasteiger partial charge on any atom is 0.344 e. The molecule has 0 spiro atoms. The Bertz CT molecular complexity index is 451. The lowest BCUT2D eigenvalue weighted by Gasteiger charge is -2.08. The monoisotopic (exact) mass is 249 g/mol. The summed E-state index contributed by atoms with van der Waals surface area (Å²) >= 11 is 0. The number of esters is 1. The van der Waals surface area contributed by atoms with Crippen molar-refractivity contribution < 1.29 is 19.4 Å². The molecule has 1 rings (SSSR count). The van der Waals surface area contributed by atoms with Crippen LogP contribution in [0.4, 0.5) is 0 Å². The summed E-state index contributed by atoms with van der Waals surface area (Å²) in [6.07, 6.45) is 0.479. The van der Waals surface area contributed by atoms with Crippen LogP contribution in [0.2, 0.25) is 0 Å². The molecule has 0 aromatic heterocycles. The van der Waals surface area contributed by atoms with E-state index in [9.17, 15) is 4.79 Å². The first kappa shape index (κ1) is 14.0. The Kier molecular flexibility index (Phi) is 5.68. The predicted octanol–water partition coefficient (Wildman–Crippen LogP) is 1.03. The molecule has 0 fully saturated rings. The molecule has 0 bridgehead atoms. The minimum atomic E-state index is -0.471. The van der Waals surface area contributed by atoms with Crippen molar-refractivity contribution in [1.29, 1.82) is 5.26 Å². The first-order chi connectivity index (χ1) is 8.71. The summed E-state index contributed by atoms with van der Waals surface area (Å²) in [5.74, 6) is -0.131. The van der Waals surface area contributed by atoms with E-state index in [0.29, 0.717) is 24.3 Å². The first-order valence-electron chi connectivity index (χ1n) is 5.63. The normalized spacial score (nSPS) is 9.61. The number of rotatable bonds is 6. The van der Waals surface area contributed by atoms with Gasteiger partial charge >= 0.3 is 5.97 Å². The Morgan fingerprint density at radius 2 is 2.28 bits per heavy atom. The van der Waals surface area contributed by atoms with Crippen molar-refractivity contribution in [3.8, 4) is 11.8 Å². The highest BCUT2D eigenvalue weighted by atomic mass is 16.6. The largest absolute Gasteiger partial charge is 0.481 e. The van der Waals surface area contributed by atoms with Gasteiger partial charge in [0.2, 0.25) is 0 Å². The number of carbonyl (C=O) groups excluding carboxylic acids is 1. The van der Waals surface area contributed by atoms with Crippen LogP contribution in [0.3, 0.4) is 0 Å². The summed E-state index contributed by atoms with van der Waals surface area (Å²) in [5.41, 5.74) is 1.18. The molecule has 1 N–H and O–H groups in total. The van der Waals surface area contributed by atoms with Gasteiger partial charge < -0.3 is 14.6 Å². The van der Waals surface area contributed by atoms with Gasteiger partial charge in [0.05, 0.1) is 12.2 Å². The lowest BCUT2D eigenvalue weighted by atomic mass is 10.1. The maximum atomic E-state index is 11.1. The Hall–Kier alpha value is -2.06. The van der Waals surface area contributed by atoms with Crippen molar-refractivity contribution in [2.75, 3.05) is 19.8 Å². The topological polar surface area (TPSA) is 79.6 Å². The Morgan fingerprint density at radius 3 is 2.89 bits per heavy atom. The zero-order valence-electron chi connectivity index (χ0n) is 10.2. The van der Waals surface area contributed by atoms with Gasteiger partial charge in [0.25, 0.3) is 0 Å². The van der Waals surface area contributed by atoms with E-state index >= 15 is 0 Å². The van der Waals surface area contributed by atoms with Gasteiger partial charge in [0.1, 0.15) is 11.8 Å². The van der Waals surface area contributed by atoms with Gasteiger partial charge in [0, 0.05) is 6.61 Å². The van der Waals surface area contributed by atoms with E-state index in [-0.39, 0.29) is 13.2 Å². The molecule has 1 aromatic carbocycles. The molecule has 0 aliphatic heterocycles. The number of benzene rings is 1. The molecule has 0 aliphatic rings. The number of hydrogen-bond acceptors (Lipinski definition) is 5. The highest BCUT2D eigenvalue weighted by Gasteiger charge is 2.08. The van der Waals surface area contributed by atoms with Crippen molar-refractivity contribution in [3.05, 3.63) is 29.3 Å². The van der Waals surface area contributed by atoms with Crippen LogP contribution in [-0.4, -0.2) is 30.9 Å². The summed E-state index contributed by atoms with van der Waals surface area (Å²) in [7, 11) is 0. The SMILES string of the molecule is CCOC(=O)COc1ccc(CCO)cc1C#N. The molecule has 0 unspecified atom stereocenters. The van der Waals surface area contributed by atoms with Gasteiger partial charge in [-0.1, -0.05) is 6.07 Å². The third kappa shape index (κ3) is 4.07. The van der Waals surface area contributed by atoms with Gasteiger partial charge in [-0.3, -0.25) is 0 Å². The summed E-state index contributed by atoms with van der Waals surface area (Å²) in [6.45, 7) is 1.81. The third-order valence-electron chi connectivity index (χ3n) is 2.22. The van der Waals surface area contributed by atoms with Gasteiger partial charge in [0.15, 0.2) is 6.61 Å². The van der Waals surface area contributed by atoms with Crippen LogP contribution in [0.5, 0.6) is 5.75 Å². The number of aliphatic hydroxyl groups is 1. The van der Waals surface area contributed by atoms with E-state index in [2.05, 4.69) is 0 Å². The quantitative estimate of drug-likeness (QED) is 0.762. The fraction of sp³-hybridized carbons (Fsp3) is 0.385. The summed E-state index contributed by atoms with van der Waals surface area (Å²) < 4.78 is 9.94. The van der Waals surface area contributed by atoms with Crippen molar-refractivity contribution in [2.45, 2.75) is 13.3 Å². The Labute approximate surface area is 106 Å². The van der Waals surface area contributed by atoms with E-state index in [1.165, 1.54) is 0 Å². The van der Waals surface area contributed by atoms with Crippen LogP contribution < -0.4 is 4.74 Å². The fourth-order valence-electron chi connectivity index (χ4n) is 1.41. The molecule has 0 amide bonds. The summed E-state index contributed by atoms with van der Waals surface area (Å²) in [4.78, 5) is 11.1. The number of hydrogen-bond donors (Lipinski definition) is 1. The average Bonchev–Trinajstić information content (AvgIpc) is 2.37. The fourth-order valence-corrected chi connectivity index (χ4v) is 1.41. The van der Waals surface area contributed by atoms with Crippen LogP contribution in [0.25, 0.3) is 0 Å². The van der Waals surface area contributed by atoms with Crippen LogP contribution >= 0.6 is 0 Å². The Balaban J connectivity index is 2.71. The third-order valence-corrected chi connectivity index (χ3v) is 2.22. The standard InChI is InChI=1S/C13H15NO4/c1-2-17-13(16)9-18-12-4-3-10(5-6-15)7-11(12)8-14/h3-4,7,15H,2,5-6,9H2,1H3. The maximum absolute atomic E-state index is 11.1. The molecular weight excluding hydrogens is 234 g/mol. The van der Waals surface area contributed by atoms with Crippen LogP contribution in [-0.2, 0) is 16.0 Å². The first-order valence-corrected chi connectivity index (χ1v) is 5.63. The molecule has 1 aromatic rings. The van der Waals surface area contributed by atoms with E-state index < -0.39 is 5.97 Å². The second kappa shape index (κ2) is 7.30. The van der Waals surface area contributed by atoms with Gasteiger partial charge in [-0.2, -0.15) is 5.26 Å². The zero-order valence-corrected chi connectivity index (χ0v) is 10.2. The molecule has 0 atom stereocenters. The number of ether oxygens (including phenoxy) is 2. The number of nitrogens with zero attached hydrogens (tertiary/aromatic N) is 1. The highest BCUT2D eigenvalue weighted by molar-refractivity contribution is 5.71. The van der Waals surface area contributed by atoms with Crippen molar-refractivity contribution in [3.63, 3.8) is 0 Å². The molecule has 0 saturated heterocycles. The highest BCUT2D eigenvalue weighted by Crippen LogP contribution is 2.19. The number of carbonyl (C=O) groups is 1. The Morgan fingerprint density at radius 1 is 1.50 bits per heavy atom. The molecule has 0 radical (unpaired) electrons. The molecule has 18 heavy (non-hydrogen) atoms. The molecule has 0 saturated carbocycles. The molecule has 0 aliphatic carbocycles. The second-order valence-corrected chi connectivity index (χ2v) is 3.51. The van der Waals surface area contributed by atoms with E-state index in [1.54, 1.807) is 25.1 Å². The minimum absolute atomic E-state index is 0.0217. The van der Waals surface area contributed by atoms with Gasteiger partial charge in [-0.25, -0.2) is 4.79 Å². The molecule has 5 nitrogen and oxygen atoms in total. The molecule has 96 valence electrons. The van der Waals surface area contributed by atoms with Crippen molar-refractivity contribution in [1.82, 2.24) is 0 Å². The van der Waals surface area contributed by atoms with Crippen molar-refractivity contribution in [2.24, 2.45) is 0 Å². The van der Waals surface area contributed by atoms with Crippen LogP contribution in [0, 0.1) is 11.3 Å². The lowest BCUT2D eigenvalue weighted by molar-refractivity contribution is -0.145. The van der Waals surface area contributed by atoms with Crippen LogP contribution in [0.1, 0.15) is 18.1 Å². The van der Waals surface area contributed by atoms with Gasteiger partial charge in [-0.05, 0) is 31.0 Å². The predicted molar refractivity (Wildman–Crippen MR) is 64.1 cm³/mol. The van der Waals surface area contributed by atoms with Crippen molar-refractivity contribution >= 4 is 5.97 Å². The van der Waals surface area contributed by atoms with E-state index in [4.69, 9.17) is 19.8 Å². The molecule has 0 heterocycles. The second-order valence-electron chi connectivity index (χ2n) is 3.51. The number of nitriles is 1. The average molecular weight is 249 g/mol. The van der Waals surface area contributed by atoms with E-state index in [0.717, 1.165) is 5.56 Å². The van der Waals surface area contributed by atoms with Gasteiger partial charge in [-0.15, -0.1) is 0 Å². The van der Waals surface area contributed by atoms with E-state index in [1.807, 2.05) is 6.07 Å². The number of aliphatic hydroxyl groups excluding tert-OH is 1. The molecule has 5 heteroatoms. The summed E-state index contributed by atoms with van der Waals surface area (Å²) in [5, 5.41) is 17.8. The molecular formula is C13H15NO4. The zero-order chi connectivity index (χ0) is 13.4. The van der Waals surface area contributed by atoms with Crippen LogP contribution in [0.15, 0.2) is 18.2 Å². The minimum Gasteiger partial charge on any atom is -0.481 e. The lowest BCUT2D eigenvalue weighted by Crippen LogP contribution is -2.15.